The summed E-state index contributed by atoms with van der Waals surface area (Å²) in [5, 5.41) is 10.7. The number of fused-ring (bicyclic) bond motifs is 3. The molecule has 0 radical (unpaired) electrons. The van der Waals surface area contributed by atoms with Crippen molar-refractivity contribution < 1.29 is 14.4 Å². The van der Waals surface area contributed by atoms with E-state index < -0.39 is 0 Å². The Morgan fingerprint density at radius 2 is 1.96 bits per heavy atom. The summed E-state index contributed by atoms with van der Waals surface area (Å²) in [5.41, 5.74) is 1.98. The van der Waals surface area contributed by atoms with Crippen LogP contribution in [-0.4, -0.2) is 35.1 Å². The molecule has 3 rings (SSSR count). The minimum absolute atomic E-state index is 0.228. The maximum absolute atomic E-state index is 10.7. The van der Waals surface area contributed by atoms with Gasteiger partial charge in [0.2, 0.25) is 0 Å². The number of ether oxygens (including phenoxy) is 1. The van der Waals surface area contributed by atoms with E-state index in [1.54, 1.807) is 0 Å². The molecule has 0 saturated heterocycles. The van der Waals surface area contributed by atoms with E-state index in [1.165, 1.54) is 37.7 Å². The van der Waals surface area contributed by atoms with Gasteiger partial charge in [0.25, 0.3) is 0 Å². The third-order valence-electron chi connectivity index (χ3n) is 5.63. The van der Waals surface area contributed by atoms with E-state index in [0.717, 1.165) is 24.3 Å². The standard InChI is InChI=1S/C21H31NO2/c1-5-6-7-8-9-10-15-11-18(23)20-16-13-22(4)14-17(16)21(2,3)24-19(20)12-15/h11-12,14,16-17H,5-10,13H2,1-4H3/p+1/t16-,17-/m1/s1. The Kier molecular flexibility index (Phi) is 4.89. The highest BCUT2D eigenvalue weighted by atomic mass is 16.5. The van der Waals surface area contributed by atoms with Gasteiger partial charge in [-0.3, -0.25) is 0 Å². The van der Waals surface area contributed by atoms with Gasteiger partial charge in [0, 0.05) is 5.56 Å². The molecule has 0 unspecified atom stereocenters. The molecular weight excluding hydrogens is 298 g/mol. The zero-order valence-electron chi connectivity index (χ0n) is 15.6. The van der Waals surface area contributed by atoms with Gasteiger partial charge in [-0.2, -0.15) is 0 Å². The topological polar surface area (TPSA) is 32.5 Å². The number of aromatic hydroxyl groups is 1. The van der Waals surface area contributed by atoms with Crippen LogP contribution in [-0.2, 0) is 6.42 Å². The summed E-state index contributed by atoms with van der Waals surface area (Å²) in [7, 11) is 2.11. The molecular formula is C21H32NO2+. The van der Waals surface area contributed by atoms with E-state index in [2.05, 4.69) is 44.7 Å². The van der Waals surface area contributed by atoms with Crippen LogP contribution < -0.4 is 4.74 Å². The molecule has 0 aromatic heterocycles. The summed E-state index contributed by atoms with van der Waals surface area (Å²) in [5.74, 6) is 1.96. The predicted octanol–water partition coefficient (Wildman–Crippen LogP) is 4.50. The van der Waals surface area contributed by atoms with E-state index in [4.69, 9.17) is 4.74 Å². The van der Waals surface area contributed by atoms with Crippen LogP contribution in [0.25, 0.3) is 0 Å². The van der Waals surface area contributed by atoms with Crippen molar-refractivity contribution in [3.05, 3.63) is 23.3 Å². The molecule has 3 nitrogen and oxygen atoms in total. The van der Waals surface area contributed by atoms with Crippen molar-refractivity contribution in [3.63, 3.8) is 0 Å². The van der Waals surface area contributed by atoms with Crippen LogP contribution in [0.2, 0.25) is 0 Å². The largest absolute Gasteiger partial charge is 0.508 e. The zero-order valence-corrected chi connectivity index (χ0v) is 15.6. The van der Waals surface area contributed by atoms with Crippen molar-refractivity contribution in [2.75, 3.05) is 13.6 Å². The Labute approximate surface area is 146 Å². The second kappa shape index (κ2) is 6.78. The maximum Gasteiger partial charge on any atom is 0.150 e. The van der Waals surface area contributed by atoms with E-state index >= 15 is 0 Å². The lowest BCUT2D eigenvalue weighted by molar-refractivity contribution is -0.486. The summed E-state index contributed by atoms with van der Waals surface area (Å²) in [4.78, 5) is 0. The van der Waals surface area contributed by atoms with Gasteiger partial charge >= 0.3 is 0 Å². The molecule has 0 aliphatic carbocycles. The smallest absolute Gasteiger partial charge is 0.150 e. The van der Waals surface area contributed by atoms with Crippen LogP contribution in [0.4, 0.5) is 0 Å². The van der Waals surface area contributed by atoms with Gasteiger partial charge < -0.3 is 9.84 Å². The van der Waals surface area contributed by atoms with Crippen molar-refractivity contribution in [1.82, 2.24) is 0 Å². The minimum atomic E-state index is -0.228. The second-order valence-electron chi connectivity index (χ2n) is 8.12. The number of aryl methyl sites for hydroxylation is 1. The predicted molar refractivity (Wildman–Crippen MR) is 98.6 cm³/mol. The average molecular weight is 330 g/mol. The molecule has 2 atom stereocenters. The molecule has 24 heavy (non-hydrogen) atoms. The Balaban J connectivity index is 1.79. The normalized spacial score (nSPS) is 24.1. The molecule has 1 aromatic rings. The van der Waals surface area contributed by atoms with Crippen LogP contribution in [0.3, 0.4) is 0 Å². The van der Waals surface area contributed by atoms with E-state index in [0.29, 0.717) is 17.6 Å². The summed E-state index contributed by atoms with van der Waals surface area (Å²) in [6.07, 6.45) is 9.63. The molecule has 2 aliphatic heterocycles. The molecule has 2 aliphatic rings. The first-order valence-corrected chi connectivity index (χ1v) is 9.52. The zero-order chi connectivity index (χ0) is 17.3. The third-order valence-corrected chi connectivity index (χ3v) is 5.63. The van der Waals surface area contributed by atoms with Crippen molar-refractivity contribution in [2.45, 2.75) is 70.8 Å². The maximum atomic E-state index is 10.7. The number of benzene rings is 1. The molecule has 1 aromatic carbocycles. The minimum Gasteiger partial charge on any atom is -0.508 e. The molecule has 0 spiro atoms. The molecule has 0 saturated carbocycles. The fraction of sp³-hybridized carbons (Fsp3) is 0.667. The SMILES string of the molecule is CCCCCCCc1cc(O)c2c(c1)OC(C)(C)[C@@H]1C=[N+](C)C[C@@H]21. The summed E-state index contributed by atoms with van der Waals surface area (Å²) in [6, 6.07) is 4.14. The molecule has 0 amide bonds. The van der Waals surface area contributed by atoms with E-state index in [9.17, 15) is 5.11 Å². The number of unbranched alkanes of at least 4 members (excludes halogenated alkanes) is 4. The van der Waals surface area contributed by atoms with Crippen LogP contribution in [0.5, 0.6) is 11.5 Å². The molecule has 3 heteroatoms. The number of nitrogens with zero attached hydrogens (tertiary/aromatic N) is 1. The average Bonchev–Trinajstić information content (AvgIpc) is 2.89. The first-order chi connectivity index (χ1) is 11.4. The van der Waals surface area contributed by atoms with Crippen molar-refractivity contribution >= 4 is 6.21 Å². The quantitative estimate of drug-likeness (QED) is 0.615. The highest BCUT2D eigenvalue weighted by Gasteiger charge is 2.50. The molecule has 0 fully saturated rings. The molecule has 2 heterocycles. The fourth-order valence-corrected chi connectivity index (χ4v) is 4.35. The van der Waals surface area contributed by atoms with Gasteiger partial charge in [-0.1, -0.05) is 32.6 Å². The highest BCUT2D eigenvalue weighted by Crippen LogP contribution is 2.50. The monoisotopic (exact) mass is 330 g/mol. The summed E-state index contributed by atoms with van der Waals surface area (Å²) >= 11 is 0. The van der Waals surface area contributed by atoms with Gasteiger partial charge in [0.15, 0.2) is 0 Å². The first kappa shape index (κ1) is 17.3. The van der Waals surface area contributed by atoms with Gasteiger partial charge in [0.1, 0.15) is 36.9 Å². The molecule has 132 valence electrons. The fourth-order valence-electron chi connectivity index (χ4n) is 4.35. The molecule has 0 bridgehead atoms. The number of likely N-dealkylation sites (N-methyl/N-ethyl adjacent to an activating group) is 1. The number of phenols is 1. The number of phenolic OH excluding ortho intramolecular Hbond substituents is 1. The van der Waals surface area contributed by atoms with Crippen LogP contribution >= 0.6 is 0 Å². The van der Waals surface area contributed by atoms with E-state index in [1.807, 2.05) is 6.07 Å². The summed E-state index contributed by atoms with van der Waals surface area (Å²) < 4.78 is 8.56. The van der Waals surface area contributed by atoms with Gasteiger partial charge in [-0.15, -0.1) is 0 Å². The van der Waals surface area contributed by atoms with Crippen LogP contribution in [0.1, 0.15) is 69.9 Å². The Morgan fingerprint density at radius 1 is 1.21 bits per heavy atom. The first-order valence-electron chi connectivity index (χ1n) is 9.52. The van der Waals surface area contributed by atoms with Gasteiger partial charge in [-0.25, -0.2) is 4.58 Å². The number of rotatable bonds is 6. The number of hydrogen-bond acceptors (Lipinski definition) is 2. The van der Waals surface area contributed by atoms with Crippen molar-refractivity contribution in [3.8, 4) is 11.5 Å². The lowest BCUT2D eigenvalue weighted by Gasteiger charge is -2.39. The molecule has 1 N–H and O–H groups in total. The van der Waals surface area contributed by atoms with E-state index in [-0.39, 0.29) is 5.60 Å². The van der Waals surface area contributed by atoms with Crippen LogP contribution in [0, 0.1) is 5.92 Å². The van der Waals surface area contributed by atoms with Gasteiger partial charge in [-0.05, 0) is 44.4 Å². The van der Waals surface area contributed by atoms with Gasteiger partial charge in [0.05, 0.1) is 11.8 Å². The lowest BCUT2D eigenvalue weighted by atomic mass is 9.75. The lowest BCUT2D eigenvalue weighted by Crippen LogP contribution is -2.44. The van der Waals surface area contributed by atoms with Crippen molar-refractivity contribution in [2.24, 2.45) is 5.92 Å². The Morgan fingerprint density at radius 3 is 2.71 bits per heavy atom. The third kappa shape index (κ3) is 3.31. The summed E-state index contributed by atoms with van der Waals surface area (Å²) in [6.45, 7) is 7.52. The Hall–Kier alpha value is -1.51. The van der Waals surface area contributed by atoms with Crippen LogP contribution in [0.15, 0.2) is 12.1 Å². The second-order valence-corrected chi connectivity index (χ2v) is 8.12. The number of hydrogen-bond donors (Lipinski definition) is 1. The van der Waals surface area contributed by atoms with Crippen molar-refractivity contribution in [1.29, 1.82) is 0 Å². The highest BCUT2D eigenvalue weighted by molar-refractivity contribution is 5.66. The Bertz CT molecular complexity index is 633.